The standard InChI is InChI=1S/C44H51ClN4O4/c1-32-36(10-6-11-38(32)39-12-7-13-41(33(39)2)51-19-9-18-49-17-8-14-44(29-49)30-50-31-44)28-53-43-22-42(52-27-35-20-34(23-46)24-47-25-35)37(21-40(43)45)26-48-15-4-3-5-16-48/h6-7,10-13,20-22,24-25H,3-5,8-9,14-19,26-31H2,1-2H3. The molecule has 3 aromatic carbocycles. The Labute approximate surface area is 319 Å². The quantitative estimate of drug-likeness (QED) is 0.119. The van der Waals surface area contributed by atoms with E-state index in [1.54, 1.807) is 18.5 Å². The predicted octanol–water partition coefficient (Wildman–Crippen LogP) is 8.92. The number of hydrogen-bond acceptors (Lipinski definition) is 8. The number of pyridine rings is 1. The molecule has 53 heavy (non-hydrogen) atoms. The summed E-state index contributed by atoms with van der Waals surface area (Å²) < 4.78 is 24.7. The van der Waals surface area contributed by atoms with Crippen LogP contribution in [-0.2, 0) is 24.5 Å². The summed E-state index contributed by atoms with van der Waals surface area (Å²) in [5, 5.41) is 9.90. The minimum absolute atomic E-state index is 0.286. The smallest absolute Gasteiger partial charge is 0.142 e. The van der Waals surface area contributed by atoms with Gasteiger partial charge in [-0.1, -0.05) is 48.4 Å². The maximum Gasteiger partial charge on any atom is 0.142 e. The molecule has 3 fully saturated rings. The molecule has 1 aromatic heterocycles. The molecule has 278 valence electrons. The van der Waals surface area contributed by atoms with Crippen molar-refractivity contribution in [3.8, 4) is 34.4 Å². The van der Waals surface area contributed by atoms with E-state index in [-0.39, 0.29) is 6.61 Å². The van der Waals surface area contributed by atoms with Crippen LogP contribution in [0.15, 0.2) is 67.0 Å². The van der Waals surface area contributed by atoms with Crippen LogP contribution in [0.2, 0.25) is 5.02 Å². The van der Waals surface area contributed by atoms with Gasteiger partial charge < -0.3 is 23.8 Å². The fraction of sp³-hybridized carbons (Fsp3) is 0.455. The Bertz CT molecular complexity index is 1920. The van der Waals surface area contributed by atoms with Gasteiger partial charge in [-0.05, 0) is 112 Å². The van der Waals surface area contributed by atoms with Gasteiger partial charge in [0.2, 0.25) is 0 Å². The van der Waals surface area contributed by atoms with Crippen LogP contribution in [0.25, 0.3) is 11.1 Å². The topological polar surface area (TPSA) is 80.1 Å². The summed E-state index contributed by atoms with van der Waals surface area (Å²) in [4.78, 5) is 9.24. The molecule has 9 heteroatoms. The number of aromatic nitrogens is 1. The highest BCUT2D eigenvalue weighted by molar-refractivity contribution is 6.32. The highest BCUT2D eigenvalue weighted by atomic mass is 35.5. The summed E-state index contributed by atoms with van der Waals surface area (Å²) >= 11 is 6.90. The number of likely N-dealkylation sites (tertiary alicyclic amines) is 2. The minimum Gasteiger partial charge on any atom is -0.493 e. The molecular formula is C44H51ClN4O4. The Morgan fingerprint density at radius 3 is 2.38 bits per heavy atom. The van der Waals surface area contributed by atoms with E-state index in [4.69, 9.17) is 30.5 Å². The third-order valence-electron chi connectivity index (χ3n) is 11.1. The Hall–Kier alpha value is -4.13. The fourth-order valence-corrected chi connectivity index (χ4v) is 8.28. The van der Waals surface area contributed by atoms with Crippen molar-refractivity contribution in [2.24, 2.45) is 5.41 Å². The van der Waals surface area contributed by atoms with Gasteiger partial charge >= 0.3 is 0 Å². The van der Waals surface area contributed by atoms with E-state index < -0.39 is 0 Å². The molecule has 7 rings (SSSR count). The van der Waals surface area contributed by atoms with E-state index >= 15 is 0 Å². The van der Waals surface area contributed by atoms with Crippen LogP contribution in [0, 0.1) is 30.6 Å². The zero-order valence-corrected chi connectivity index (χ0v) is 31.9. The second-order valence-electron chi connectivity index (χ2n) is 15.1. The molecule has 4 aromatic rings. The van der Waals surface area contributed by atoms with Crippen LogP contribution >= 0.6 is 11.6 Å². The first-order chi connectivity index (χ1) is 25.9. The van der Waals surface area contributed by atoms with Crippen molar-refractivity contribution in [2.75, 3.05) is 52.5 Å². The van der Waals surface area contributed by atoms with Gasteiger partial charge in [-0.2, -0.15) is 5.26 Å². The molecule has 0 N–H and O–H groups in total. The summed E-state index contributed by atoms with van der Waals surface area (Å²) in [6.45, 7) is 13.8. The van der Waals surface area contributed by atoms with Gasteiger partial charge in [-0.15, -0.1) is 0 Å². The molecule has 0 saturated carbocycles. The first-order valence-corrected chi connectivity index (χ1v) is 19.5. The van der Waals surface area contributed by atoms with E-state index in [0.29, 0.717) is 35.0 Å². The number of piperidine rings is 2. The van der Waals surface area contributed by atoms with E-state index in [1.165, 1.54) is 38.6 Å². The highest BCUT2D eigenvalue weighted by Gasteiger charge is 2.41. The normalized spacial score (nSPS) is 17.2. The van der Waals surface area contributed by atoms with E-state index in [9.17, 15) is 5.26 Å². The van der Waals surface area contributed by atoms with Gasteiger partial charge in [-0.3, -0.25) is 9.88 Å². The highest BCUT2D eigenvalue weighted by Crippen LogP contribution is 2.38. The third kappa shape index (κ3) is 9.16. The van der Waals surface area contributed by atoms with Gasteiger partial charge in [0.25, 0.3) is 0 Å². The van der Waals surface area contributed by atoms with Gasteiger partial charge in [0, 0.05) is 54.6 Å². The molecule has 1 spiro atoms. The predicted molar refractivity (Wildman–Crippen MR) is 209 cm³/mol. The van der Waals surface area contributed by atoms with Crippen LogP contribution in [0.3, 0.4) is 0 Å². The lowest BCUT2D eigenvalue weighted by Crippen LogP contribution is -2.54. The van der Waals surface area contributed by atoms with Crippen LogP contribution in [0.4, 0.5) is 0 Å². The largest absolute Gasteiger partial charge is 0.493 e. The summed E-state index contributed by atoms with van der Waals surface area (Å²) in [6.07, 6.45) is 10.5. The molecule has 3 aliphatic heterocycles. The van der Waals surface area contributed by atoms with Crippen LogP contribution in [-0.4, -0.2) is 67.3 Å². The zero-order chi connectivity index (χ0) is 36.6. The van der Waals surface area contributed by atoms with Crippen molar-refractivity contribution in [2.45, 2.75) is 72.1 Å². The van der Waals surface area contributed by atoms with Crippen molar-refractivity contribution in [1.29, 1.82) is 5.26 Å². The van der Waals surface area contributed by atoms with Crippen LogP contribution in [0.1, 0.15) is 71.9 Å². The molecule has 3 saturated heterocycles. The Morgan fingerprint density at radius 2 is 1.58 bits per heavy atom. The van der Waals surface area contributed by atoms with Crippen molar-refractivity contribution in [3.63, 3.8) is 0 Å². The second kappa shape index (κ2) is 17.3. The lowest BCUT2D eigenvalue weighted by atomic mass is 9.78. The van der Waals surface area contributed by atoms with E-state index in [1.807, 2.05) is 12.1 Å². The van der Waals surface area contributed by atoms with Crippen molar-refractivity contribution >= 4 is 11.6 Å². The molecule has 0 bridgehead atoms. The fourth-order valence-electron chi connectivity index (χ4n) is 8.04. The van der Waals surface area contributed by atoms with Gasteiger partial charge in [-0.25, -0.2) is 0 Å². The molecule has 3 aliphatic rings. The average molecular weight is 735 g/mol. The van der Waals surface area contributed by atoms with Gasteiger partial charge in [0.1, 0.15) is 36.5 Å². The maximum absolute atomic E-state index is 9.34. The first-order valence-electron chi connectivity index (χ1n) is 19.2. The van der Waals surface area contributed by atoms with Crippen molar-refractivity contribution in [1.82, 2.24) is 14.8 Å². The number of hydrogen-bond donors (Lipinski definition) is 0. The van der Waals surface area contributed by atoms with Crippen LogP contribution < -0.4 is 14.2 Å². The van der Waals surface area contributed by atoms with Crippen LogP contribution in [0.5, 0.6) is 17.2 Å². The summed E-state index contributed by atoms with van der Waals surface area (Å²) in [6, 6.07) is 20.6. The van der Waals surface area contributed by atoms with Crippen molar-refractivity contribution < 1.29 is 18.9 Å². The number of nitrogens with zero attached hydrogens (tertiary/aromatic N) is 4. The average Bonchev–Trinajstić information content (AvgIpc) is 3.17. The molecule has 0 unspecified atom stereocenters. The number of halogens is 1. The Balaban J connectivity index is 1.02. The lowest BCUT2D eigenvalue weighted by Gasteiger charge is -2.48. The van der Waals surface area contributed by atoms with Gasteiger partial charge in [0.05, 0.1) is 30.4 Å². The molecule has 0 aliphatic carbocycles. The first kappa shape index (κ1) is 37.2. The number of ether oxygens (including phenoxy) is 4. The summed E-state index contributed by atoms with van der Waals surface area (Å²) in [7, 11) is 0. The summed E-state index contributed by atoms with van der Waals surface area (Å²) in [5.41, 5.74) is 8.48. The molecule has 8 nitrogen and oxygen atoms in total. The number of rotatable bonds is 14. The monoisotopic (exact) mass is 734 g/mol. The lowest BCUT2D eigenvalue weighted by molar-refractivity contribution is -0.144. The second-order valence-corrected chi connectivity index (χ2v) is 15.5. The molecule has 0 radical (unpaired) electrons. The van der Waals surface area contributed by atoms with E-state index in [0.717, 1.165) is 103 Å². The van der Waals surface area contributed by atoms with Gasteiger partial charge in [0.15, 0.2) is 0 Å². The zero-order valence-electron chi connectivity index (χ0n) is 31.2. The molecular weight excluding hydrogens is 684 g/mol. The van der Waals surface area contributed by atoms with Crippen molar-refractivity contribution in [3.05, 3.63) is 105 Å². The summed E-state index contributed by atoms with van der Waals surface area (Å²) in [5.74, 6) is 2.23. The Morgan fingerprint density at radius 1 is 0.811 bits per heavy atom. The number of benzene rings is 3. The third-order valence-corrected chi connectivity index (χ3v) is 11.4. The maximum atomic E-state index is 9.34. The number of nitriles is 1. The minimum atomic E-state index is 0.286. The van der Waals surface area contributed by atoms with E-state index in [2.05, 4.69) is 71.1 Å². The molecule has 0 amide bonds. The SMILES string of the molecule is Cc1c(COc2cc(OCc3cncc(C#N)c3)c(CN3CCCCC3)cc2Cl)cccc1-c1cccc(OCCCN2CCCC3(COC3)C2)c1C. The molecule has 0 atom stereocenters. The molecule has 4 heterocycles. The Kier molecular flexibility index (Phi) is 12.2.